The number of aromatic nitrogens is 2. The zero-order valence-electron chi connectivity index (χ0n) is 18.3. The Bertz CT molecular complexity index is 1210. The molecular weight excluding hydrogens is 406 g/mol. The summed E-state index contributed by atoms with van der Waals surface area (Å²) in [5.41, 5.74) is 2.48. The number of carbonyl (C=O) groups is 1. The van der Waals surface area contributed by atoms with Crippen LogP contribution in [0.4, 0.5) is 0 Å². The molecule has 0 saturated carbocycles. The van der Waals surface area contributed by atoms with Crippen LogP contribution >= 0.6 is 0 Å². The van der Waals surface area contributed by atoms with Crippen LogP contribution in [-0.2, 0) is 17.7 Å². The van der Waals surface area contributed by atoms with Crippen molar-refractivity contribution in [1.82, 2.24) is 14.5 Å². The van der Waals surface area contributed by atoms with E-state index in [2.05, 4.69) is 11.1 Å². The molecule has 0 bridgehead atoms. The van der Waals surface area contributed by atoms with Crippen LogP contribution < -0.4 is 5.56 Å². The van der Waals surface area contributed by atoms with Gasteiger partial charge in [-0.2, -0.15) is 0 Å². The van der Waals surface area contributed by atoms with Crippen molar-refractivity contribution in [2.45, 2.75) is 26.3 Å². The Morgan fingerprint density at radius 2 is 2.16 bits per heavy atom. The predicted molar refractivity (Wildman–Crippen MR) is 122 cm³/mol. The maximum atomic E-state index is 13.4. The van der Waals surface area contributed by atoms with E-state index < -0.39 is 5.41 Å². The van der Waals surface area contributed by atoms with Gasteiger partial charge < -0.3 is 24.3 Å². The topological polar surface area (TPSA) is 87.6 Å². The highest BCUT2D eigenvalue weighted by Gasteiger charge is 2.49. The van der Waals surface area contributed by atoms with E-state index in [9.17, 15) is 14.7 Å². The molecule has 4 heterocycles. The quantitative estimate of drug-likeness (QED) is 0.644. The van der Waals surface area contributed by atoms with Gasteiger partial charge in [0, 0.05) is 55.0 Å². The van der Waals surface area contributed by atoms with Gasteiger partial charge in [0.25, 0.3) is 11.5 Å². The maximum absolute atomic E-state index is 13.4. The second-order valence-electron chi connectivity index (χ2n) is 9.23. The van der Waals surface area contributed by atoms with Crippen LogP contribution in [0.3, 0.4) is 0 Å². The number of aryl methyl sites for hydroxylation is 3. The summed E-state index contributed by atoms with van der Waals surface area (Å²) in [5, 5.41) is 11.2. The average Bonchev–Trinajstić information content (AvgIpc) is 3.40. The number of ether oxygens (including phenoxy) is 1. The third kappa shape index (κ3) is 3.45. The second kappa shape index (κ2) is 8.22. The number of aliphatic hydroxyl groups is 1. The molecule has 2 saturated heterocycles. The van der Waals surface area contributed by atoms with Gasteiger partial charge in [-0.15, -0.1) is 0 Å². The smallest absolute Gasteiger partial charge is 0.263 e. The Labute approximate surface area is 186 Å². The summed E-state index contributed by atoms with van der Waals surface area (Å²) >= 11 is 0. The number of rotatable bonds is 5. The van der Waals surface area contributed by atoms with Crippen LogP contribution in [0, 0.1) is 18.3 Å². The first kappa shape index (κ1) is 21.0. The molecule has 2 fully saturated rings. The van der Waals surface area contributed by atoms with Gasteiger partial charge in [-0.25, -0.2) is 0 Å². The fourth-order valence-corrected chi connectivity index (χ4v) is 5.31. The predicted octanol–water partition coefficient (Wildman–Crippen LogP) is 2.35. The number of aliphatic hydroxyl groups excluding tert-OH is 1. The third-order valence-electron chi connectivity index (χ3n) is 7.30. The van der Waals surface area contributed by atoms with Gasteiger partial charge in [0.2, 0.25) is 0 Å². The lowest BCUT2D eigenvalue weighted by molar-refractivity contribution is -0.0557. The number of likely N-dealkylation sites (tertiary alicyclic amines) is 1. The summed E-state index contributed by atoms with van der Waals surface area (Å²) in [4.78, 5) is 31.8. The first-order valence-electron chi connectivity index (χ1n) is 11.3. The summed E-state index contributed by atoms with van der Waals surface area (Å²) in [5.74, 6) is -0.0329. The molecule has 0 unspecified atom stereocenters. The zero-order chi connectivity index (χ0) is 22.3. The number of nitrogens with zero attached hydrogens (tertiary/aromatic N) is 2. The van der Waals surface area contributed by atoms with E-state index in [-0.39, 0.29) is 29.6 Å². The fraction of sp³-hybridized carbons (Fsp3) is 0.440. The number of fused-ring (bicyclic) bond motifs is 2. The van der Waals surface area contributed by atoms with Gasteiger partial charge in [0.05, 0.1) is 13.2 Å². The summed E-state index contributed by atoms with van der Waals surface area (Å²) in [6.07, 6.45) is 5.28. The van der Waals surface area contributed by atoms with E-state index >= 15 is 0 Å². The Morgan fingerprint density at radius 3 is 2.97 bits per heavy atom. The molecule has 1 amide bonds. The fourth-order valence-electron chi connectivity index (χ4n) is 5.31. The van der Waals surface area contributed by atoms with Gasteiger partial charge in [-0.3, -0.25) is 9.59 Å². The number of aromatic amines is 1. The molecule has 32 heavy (non-hydrogen) atoms. The van der Waals surface area contributed by atoms with Gasteiger partial charge >= 0.3 is 0 Å². The summed E-state index contributed by atoms with van der Waals surface area (Å²) in [6, 6.07) is 9.95. The Morgan fingerprint density at radius 1 is 1.31 bits per heavy atom. The van der Waals surface area contributed by atoms with E-state index in [1.807, 2.05) is 37.4 Å². The number of benzene rings is 1. The Kier molecular flexibility index (Phi) is 5.39. The van der Waals surface area contributed by atoms with E-state index in [0.29, 0.717) is 44.8 Å². The lowest BCUT2D eigenvalue weighted by Crippen LogP contribution is -2.43. The van der Waals surface area contributed by atoms with Crippen LogP contribution in [0.5, 0.6) is 0 Å². The van der Waals surface area contributed by atoms with Crippen molar-refractivity contribution < 1.29 is 14.6 Å². The molecule has 1 aromatic carbocycles. The molecule has 0 aliphatic carbocycles. The summed E-state index contributed by atoms with van der Waals surface area (Å²) < 4.78 is 7.24. The van der Waals surface area contributed by atoms with E-state index in [1.54, 1.807) is 15.7 Å². The number of hydrogen-bond acceptors (Lipinski definition) is 4. The lowest BCUT2D eigenvalue weighted by Gasteiger charge is -2.36. The molecule has 7 nitrogen and oxygen atoms in total. The van der Waals surface area contributed by atoms with Crippen molar-refractivity contribution in [3.8, 4) is 0 Å². The number of para-hydroxylation sites is 1. The van der Waals surface area contributed by atoms with Crippen molar-refractivity contribution in [2.24, 2.45) is 11.3 Å². The highest BCUT2D eigenvalue weighted by molar-refractivity contribution is 5.95. The minimum Gasteiger partial charge on any atom is -0.396 e. The zero-order valence-corrected chi connectivity index (χ0v) is 18.3. The SMILES string of the molecule is Cc1ccn(CCc2c[nH]c3ccccc23)c(=O)c1C(=O)N1C[C@@H]2CCOC[C@]2(CO)C1. The molecule has 0 radical (unpaired) electrons. The molecule has 168 valence electrons. The molecule has 5 rings (SSSR count). The Hall–Kier alpha value is -2.90. The number of amides is 1. The molecule has 2 atom stereocenters. The summed E-state index contributed by atoms with van der Waals surface area (Å²) in [6.45, 7) is 4.40. The van der Waals surface area contributed by atoms with Crippen LogP contribution in [-0.4, -0.2) is 58.4 Å². The third-order valence-corrected chi connectivity index (χ3v) is 7.30. The van der Waals surface area contributed by atoms with Crippen LogP contribution in [0.25, 0.3) is 10.9 Å². The lowest BCUT2D eigenvalue weighted by atomic mass is 9.76. The van der Waals surface area contributed by atoms with E-state index in [4.69, 9.17) is 4.74 Å². The van der Waals surface area contributed by atoms with Gasteiger partial charge in [-0.05, 0) is 48.9 Å². The minimum atomic E-state index is -0.412. The molecule has 2 aliphatic heterocycles. The number of carbonyl (C=O) groups excluding carboxylic acids is 1. The highest BCUT2D eigenvalue weighted by Crippen LogP contribution is 2.41. The first-order valence-corrected chi connectivity index (χ1v) is 11.3. The largest absolute Gasteiger partial charge is 0.396 e. The molecule has 0 spiro atoms. The van der Waals surface area contributed by atoms with Crippen LogP contribution in [0.2, 0.25) is 0 Å². The molecule has 3 aromatic rings. The average molecular weight is 436 g/mol. The molecule has 2 N–H and O–H groups in total. The minimum absolute atomic E-state index is 0.00985. The molecular formula is C25H29N3O4. The standard InChI is InChI=1S/C25H29N3O4/c1-17-6-9-27(10-7-18-12-26-21-5-3-2-4-20(18)21)23(30)22(17)24(31)28-13-19-8-11-32-16-25(19,14-28)15-29/h2-6,9,12,19,26,29H,7-8,10-11,13-16H2,1H3/t19-,25+/m0/s1. The monoisotopic (exact) mass is 435 g/mol. The van der Waals surface area contributed by atoms with Crippen LogP contribution in [0.1, 0.15) is 27.9 Å². The van der Waals surface area contributed by atoms with Gasteiger partial charge in [0.15, 0.2) is 0 Å². The van der Waals surface area contributed by atoms with Crippen molar-refractivity contribution in [2.75, 3.05) is 32.9 Å². The molecule has 7 heteroatoms. The second-order valence-corrected chi connectivity index (χ2v) is 9.23. The van der Waals surface area contributed by atoms with Crippen molar-refractivity contribution in [1.29, 1.82) is 0 Å². The van der Waals surface area contributed by atoms with E-state index in [0.717, 1.165) is 22.9 Å². The molecule has 2 aromatic heterocycles. The van der Waals surface area contributed by atoms with Crippen LogP contribution in [0.15, 0.2) is 47.5 Å². The first-order chi connectivity index (χ1) is 15.5. The number of H-pyrrole nitrogens is 1. The number of hydrogen-bond donors (Lipinski definition) is 2. The van der Waals surface area contributed by atoms with Gasteiger partial charge in [-0.1, -0.05) is 18.2 Å². The Balaban J connectivity index is 1.38. The highest BCUT2D eigenvalue weighted by atomic mass is 16.5. The van der Waals surface area contributed by atoms with Crippen molar-refractivity contribution >= 4 is 16.8 Å². The normalized spacial score (nSPS) is 22.9. The van der Waals surface area contributed by atoms with E-state index in [1.165, 1.54) is 0 Å². The summed E-state index contributed by atoms with van der Waals surface area (Å²) in [7, 11) is 0. The molecule has 2 aliphatic rings. The van der Waals surface area contributed by atoms with Crippen molar-refractivity contribution in [3.05, 3.63) is 69.8 Å². The maximum Gasteiger partial charge on any atom is 0.263 e. The van der Waals surface area contributed by atoms with Gasteiger partial charge in [0.1, 0.15) is 5.56 Å². The van der Waals surface area contributed by atoms with Crippen molar-refractivity contribution in [3.63, 3.8) is 0 Å². The number of pyridine rings is 1. The number of nitrogens with one attached hydrogen (secondary N) is 1.